The summed E-state index contributed by atoms with van der Waals surface area (Å²) in [5, 5.41) is 6.18. The van der Waals surface area contributed by atoms with E-state index in [1.54, 1.807) is 17.5 Å². The van der Waals surface area contributed by atoms with Crippen molar-refractivity contribution in [2.75, 3.05) is 0 Å². The summed E-state index contributed by atoms with van der Waals surface area (Å²) in [6, 6.07) is 15.7. The van der Waals surface area contributed by atoms with E-state index in [1.165, 1.54) is 14.8 Å². The van der Waals surface area contributed by atoms with Crippen LogP contribution in [0.15, 0.2) is 54.7 Å². The molecule has 0 aliphatic rings. The predicted molar refractivity (Wildman–Crippen MR) is 85.5 cm³/mol. The summed E-state index contributed by atoms with van der Waals surface area (Å²) in [5.41, 5.74) is 7.15. The molecule has 0 radical (unpaired) electrons. The van der Waals surface area contributed by atoms with Gasteiger partial charge in [0.05, 0.1) is 11.7 Å². The van der Waals surface area contributed by atoms with Gasteiger partial charge < -0.3 is 5.73 Å². The highest BCUT2D eigenvalue weighted by atomic mass is 32.1. The van der Waals surface area contributed by atoms with Gasteiger partial charge in [-0.05, 0) is 17.5 Å². The Morgan fingerprint density at radius 3 is 2.71 bits per heavy atom. The lowest BCUT2D eigenvalue weighted by Crippen LogP contribution is -2.20. The molecule has 0 saturated heterocycles. The number of primary amides is 1. The molecule has 2 aromatic heterocycles. The van der Waals surface area contributed by atoms with Gasteiger partial charge in [-0.25, -0.2) is 4.79 Å². The summed E-state index contributed by atoms with van der Waals surface area (Å²) in [6.45, 7) is 0. The van der Waals surface area contributed by atoms with E-state index in [1.807, 2.05) is 30.3 Å². The van der Waals surface area contributed by atoms with Gasteiger partial charge in [-0.15, -0.1) is 11.3 Å². The molecule has 0 aliphatic carbocycles. The first-order valence-electron chi connectivity index (χ1n) is 6.49. The lowest BCUT2D eigenvalue weighted by molar-refractivity contribution is 0.248. The quantitative estimate of drug-likeness (QED) is 0.579. The van der Waals surface area contributed by atoms with Gasteiger partial charge in [0, 0.05) is 20.5 Å². The van der Waals surface area contributed by atoms with Crippen LogP contribution in [0.5, 0.6) is 0 Å². The maximum Gasteiger partial charge on any atom is 0.340 e. The van der Waals surface area contributed by atoms with Crippen molar-refractivity contribution in [3.8, 4) is 10.4 Å². The SMILES string of the molecule is NC(=O)n1ncc2cccc(-c3cc4ccccc4s3)c21. The van der Waals surface area contributed by atoms with Gasteiger partial charge in [-0.3, -0.25) is 0 Å². The fourth-order valence-corrected chi connectivity index (χ4v) is 3.65. The second kappa shape index (κ2) is 4.43. The van der Waals surface area contributed by atoms with Crippen LogP contribution in [0.3, 0.4) is 0 Å². The third-order valence-electron chi connectivity index (χ3n) is 3.49. The van der Waals surface area contributed by atoms with Crippen molar-refractivity contribution >= 4 is 38.4 Å². The smallest absolute Gasteiger partial charge is 0.340 e. The van der Waals surface area contributed by atoms with Crippen LogP contribution in [0.4, 0.5) is 4.79 Å². The summed E-state index contributed by atoms with van der Waals surface area (Å²) in [4.78, 5) is 12.7. The van der Waals surface area contributed by atoms with Gasteiger partial charge in [-0.2, -0.15) is 9.78 Å². The molecule has 0 fully saturated rings. The molecule has 0 bridgehead atoms. The maximum atomic E-state index is 11.6. The molecule has 102 valence electrons. The van der Waals surface area contributed by atoms with Crippen LogP contribution in [-0.4, -0.2) is 15.8 Å². The standard InChI is InChI=1S/C16H11N3OS/c17-16(20)19-15-11(9-18-19)5-3-6-12(15)14-8-10-4-1-2-7-13(10)21-14/h1-9H,(H2,17,20). The number of hydrogen-bond acceptors (Lipinski definition) is 3. The van der Waals surface area contributed by atoms with Crippen molar-refractivity contribution in [1.82, 2.24) is 9.78 Å². The predicted octanol–water partition coefficient (Wildman–Crippen LogP) is 3.84. The molecule has 0 unspecified atom stereocenters. The van der Waals surface area contributed by atoms with Gasteiger partial charge in [0.1, 0.15) is 0 Å². The van der Waals surface area contributed by atoms with E-state index in [4.69, 9.17) is 5.73 Å². The van der Waals surface area contributed by atoms with Crippen LogP contribution in [0.2, 0.25) is 0 Å². The van der Waals surface area contributed by atoms with Crippen molar-refractivity contribution in [3.05, 3.63) is 54.7 Å². The Bertz CT molecular complexity index is 950. The Kier molecular flexibility index (Phi) is 2.55. The number of hydrogen-bond donors (Lipinski definition) is 1. The van der Waals surface area contributed by atoms with E-state index in [9.17, 15) is 4.79 Å². The summed E-state index contributed by atoms with van der Waals surface area (Å²) in [6.07, 6.45) is 1.66. The molecule has 2 N–H and O–H groups in total. The molecule has 4 rings (SSSR count). The highest BCUT2D eigenvalue weighted by Crippen LogP contribution is 2.36. The number of para-hydroxylation sites is 1. The Balaban J connectivity index is 2.05. The maximum absolute atomic E-state index is 11.6. The number of carbonyl (C=O) groups excluding carboxylic acids is 1. The molecule has 0 aliphatic heterocycles. The monoisotopic (exact) mass is 293 g/mol. The van der Waals surface area contributed by atoms with Crippen LogP contribution in [0.1, 0.15) is 0 Å². The highest BCUT2D eigenvalue weighted by Gasteiger charge is 2.14. The molecular weight excluding hydrogens is 282 g/mol. The Hall–Kier alpha value is -2.66. The number of aromatic nitrogens is 2. The first-order valence-corrected chi connectivity index (χ1v) is 7.31. The van der Waals surface area contributed by atoms with Crippen molar-refractivity contribution in [2.45, 2.75) is 0 Å². The van der Waals surface area contributed by atoms with Gasteiger partial charge in [0.2, 0.25) is 0 Å². The van der Waals surface area contributed by atoms with Crippen molar-refractivity contribution in [2.24, 2.45) is 5.73 Å². The number of nitrogens with zero attached hydrogens (tertiary/aromatic N) is 2. The summed E-state index contributed by atoms with van der Waals surface area (Å²) < 4.78 is 2.48. The fourth-order valence-electron chi connectivity index (χ4n) is 2.56. The number of benzene rings is 2. The number of amides is 1. The zero-order chi connectivity index (χ0) is 14.4. The lowest BCUT2D eigenvalue weighted by atomic mass is 10.1. The molecule has 2 aromatic carbocycles. The third kappa shape index (κ3) is 1.82. The van der Waals surface area contributed by atoms with Crippen molar-refractivity contribution < 1.29 is 4.79 Å². The second-order valence-corrected chi connectivity index (χ2v) is 5.87. The van der Waals surface area contributed by atoms with Gasteiger partial charge in [0.15, 0.2) is 0 Å². The van der Waals surface area contributed by atoms with E-state index in [0.717, 1.165) is 21.3 Å². The van der Waals surface area contributed by atoms with Gasteiger partial charge >= 0.3 is 6.03 Å². The molecule has 0 spiro atoms. The molecule has 0 atom stereocenters. The molecule has 0 saturated carbocycles. The minimum atomic E-state index is -0.571. The summed E-state index contributed by atoms with van der Waals surface area (Å²) in [5.74, 6) is 0. The Morgan fingerprint density at radius 2 is 1.90 bits per heavy atom. The van der Waals surface area contributed by atoms with E-state index in [-0.39, 0.29) is 0 Å². The zero-order valence-electron chi connectivity index (χ0n) is 11.0. The van der Waals surface area contributed by atoms with Crippen LogP contribution in [-0.2, 0) is 0 Å². The first kappa shape index (κ1) is 12.1. The highest BCUT2D eigenvalue weighted by molar-refractivity contribution is 7.22. The Labute approximate surface area is 124 Å². The fraction of sp³-hybridized carbons (Fsp3) is 0. The van der Waals surface area contributed by atoms with Crippen LogP contribution >= 0.6 is 11.3 Å². The van der Waals surface area contributed by atoms with Crippen molar-refractivity contribution in [1.29, 1.82) is 0 Å². The number of rotatable bonds is 1. The minimum absolute atomic E-state index is 0.571. The summed E-state index contributed by atoms with van der Waals surface area (Å²) in [7, 11) is 0. The average Bonchev–Trinajstić information content (AvgIpc) is 3.10. The summed E-state index contributed by atoms with van der Waals surface area (Å²) >= 11 is 1.70. The molecule has 2 heterocycles. The van der Waals surface area contributed by atoms with E-state index in [2.05, 4.69) is 23.3 Å². The van der Waals surface area contributed by atoms with Crippen LogP contribution in [0.25, 0.3) is 31.4 Å². The van der Waals surface area contributed by atoms with E-state index in [0.29, 0.717) is 0 Å². The number of fused-ring (bicyclic) bond motifs is 2. The van der Waals surface area contributed by atoms with Crippen molar-refractivity contribution in [3.63, 3.8) is 0 Å². The first-order chi connectivity index (χ1) is 10.2. The Morgan fingerprint density at radius 1 is 1.10 bits per heavy atom. The second-order valence-electron chi connectivity index (χ2n) is 4.79. The van der Waals surface area contributed by atoms with Gasteiger partial charge in [0.25, 0.3) is 0 Å². The zero-order valence-corrected chi connectivity index (χ0v) is 11.8. The third-order valence-corrected chi connectivity index (χ3v) is 4.64. The number of carbonyl (C=O) groups is 1. The van der Waals surface area contributed by atoms with Crippen LogP contribution in [0, 0.1) is 0 Å². The average molecular weight is 293 g/mol. The minimum Gasteiger partial charge on any atom is -0.350 e. The van der Waals surface area contributed by atoms with E-state index >= 15 is 0 Å². The number of thiophene rings is 1. The number of nitrogens with two attached hydrogens (primary N) is 1. The molecular formula is C16H11N3OS. The lowest BCUT2D eigenvalue weighted by Gasteiger charge is -2.03. The van der Waals surface area contributed by atoms with E-state index < -0.39 is 6.03 Å². The van der Waals surface area contributed by atoms with Crippen LogP contribution < -0.4 is 5.73 Å². The largest absolute Gasteiger partial charge is 0.350 e. The van der Waals surface area contributed by atoms with Gasteiger partial charge in [-0.1, -0.05) is 36.4 Å². The molecule has 5 heteroatoms. The topological polar surface area (TPSA) is 60.9 Å². The molecule has 1 amide bonds. The molecule has 4 aromatic rings. The molecule has 4 nitrogen and oxygen atoms in total. The normalized spacial score (nSPS) is 11.2. The molecule has 21 heavy (non-hydrogen) atoms.